The fourth-order valence-electron chi connectivity index (χ4n) is 4.37. The molecule has 2 heteroatoms. The van der Waals surface area contributed by atoms with Gasteiger partial charge in [-0.25, -0.2) is 0 Å². The minimum Gasteiger partial charge on any atom is -0.487 e. The molecule has 3 atom stereocenters. The minimum absolute atomic E-state index is 0.0901. The molecule has 1 spiro atoms. The fourth-order valence-corrected chi connectivity index (χ4v) is 4.37. The van der Waals surface area contributed by atoms with E-state index < -0.39 is 0 Å². The number of aliphatic hydroxyl groups excluding tert-OH is 1. The molecule has 1 heterocycles. The van der Waals surface area contributed by atoms with Crippen LogP contribution in [0, 0.1) is 18.8 Å². The summed E-state index contributed by atoms with van der Waals surface area (Å²) < 4.78 is 6.43. The van der Waals surface area contributed by atoms with Gasteiger partial charge in [0.1, 0.15) is 11.4 Å². The van der Waals surface area contributed by atoms with Crippen molar-refractivity contribution >= 4 is 0 Å². The lowest BCUT2D eigenvalue weighted by molar-refractivity contribution is -0.0544. The first kappa shape index (κ1) is 12.7. The van der Waals surface area contributed by atoms with Gasteiger partial charge in [0.05, 0.1) is 6.10 Å². The molecule has 2 nitrogen and oxygen atoms in total. The van der Waals surface area contributed by atoms with Crippen molar-refractivity contribution in [2.75, 3.05) is 0 Å². The van der Waals surface area contributed by atoms with E-state index in [4.69, 9.17) is 4.74 Å². The molecule has 1 aromatic rings. The van der Waals surface area contributed by atoms with E-state index in [1.807, 2.05) is 0 Å². The first-order valence-electron chi connectivity index (χ1n) is 8.13. The Labute approximate surface area is 121 Å². The van der Waals surface area contributed by atoms with E-state index in [1.165, 1.54) is 31.2 Å². The lowest BCUT2D eigenvalue weighted by atomic mass is 9.72. The third-order valence-electron chi connectivity index (χ3n) is 5.55. The maximum absolute atomic E-state index is 10.6. The van der Waals surface area contributed by atoms with Crippen LogP contribution in [0.1, 0.15) is 62.2 Å². The second-order valence-electron chi connectivity index (χ2n) is 7.24. The number of ether oxygens (including phenoxy) is 1. The Bertz CT molecular complexity index is 520. The van der Waals surface area contributed by atoms with Crippen LogP contribution >= 0.6 is 0 Å². The molecule has 0 aromatic heterocycles. The zero-order valence-electron chi connectivity index (χ0n) is 12.3. The molecule has 3 aliphatic rings. The van der Waals surface area contributed by atoms with E-state index in [9.17, 15) is 5.11 Å². The summed E-state index contributed by atoms with van der Waals surface area (Å²) >= 11 is 0. The van der Waals surface area contributed by atoms with Crippen molar-refractivity contribution in [2.45, 2.75) is 63.6 Å². The Hall–Kier alpha value is -1.02. The minimum atomic E-state index is -0.350. The predicted molar refractivity (Wildman–Crippen MR) is 78.8 cm³/mol. The number of hydrogen-bond donors (Lipinski definition) is 1. The Morgan fingerprint density at radius 1 is 1.15 bits per heavy atom. The van der Waals surface area contributed by atoms with Crippen molar-refractivity contribution in [2.24, 2.45) is 11.8 Å². The van der Waals surface area contributed by atoms with Crippen molar-refractivity contribution in [1.29, 1.82) is 0 Å². The predicted octanol–water partition coefficient (Wildman–Crippen LogP) is 4.15. The van der Waals surface area contributed by atoms with E-state index in [2.05, 4.69) is 25.1 Å². The highest BCUT2D eigenvalue weighted by atomic mass is 16.5. The van der Waals surface area contributed by atoms with Crippen LogP contribution in [0.25, 0.3) is 0 Å². The Kier molecular flexibility index (Phi) is 2.85. The monoisotopic (exact) mass is 272 g/mol. The number of rotatable bonds is 1. The summed E-state index contributed by atoms with van der Waals surface area (Å²) in [5.41, 5.74) is 2.10. The van der Waals surface area contributed by atoms with E-state index >= 15 is 0 Å². The summed E-state index contributed by atoms with van der Waals surface area (Å²) in [5, 5.41) is 10.6. The second-order valence-corrected chi connectivity index (χ2v) is 7.24. The van der Waals surface area contributed by atoms with Gasteiger partial charge in [0.25, 0.3) is 0 Å². The molecule has 0 amide bonds. The van der Waals surface area contributed by atoms with Gasteiger partial charge in [-0.05, 0) is 69.4 Å². The smallest absolute Gasteiger partial charge is 0.125 e. The van der Waals surface area contributed by atoms with Crippen LogP contribution in [0.4, 0.5) is 0 Å². The molecule has 1 N–H and O–H groups in total. The highest BCUT2D eigenvalue weighted by molar-refractivity contribution is 5.41. The molecule has 0 radical (unpaired) electrons. The SMILES string of the molecule is Cc1ccc2c(c1)[C@@H](O)CC1(CCCC(C3CC3)C1)O2. The maximum atomic E-state index is 10.6. The van der Waals surface area contributed by atoms with Gasteiger partial charge < -0.3 is 9.84 Å². The van der Waals surface area contributed by atoms with Gasteiger partial charge in [0.2, 0.25) is 0 Å². The molecule has 2 fully saturated rings. The zero-order chi connectivity index (χ0) is 13.7. The average molecular weight is 272 g/mol. The van der Waals surface area contributed by atoms with Crippen molar-refractivity contribution in [3.8, 4) is 5.75 Å². The molecule has 1 aromatic carbocycles. The molecular weight excluding hydrogens is 248 g/mol. The van der Waals surface area contributed by atoms with E-state index in [1.54, 1.807) is 0 Å². The van der Waals surface area contributed by atoms with E-state index in [0.29, 0.717) is 0 Å². The first-order chi connectivity index (χ1) is 9.65. The third kappa shape index (κ3) is 2.14. The van der Waals surface area contributed by atoms with Crippen molar-refractivity contribution in [3.05, 3.63) is 29.3 Å². The highest BCUT2D eigenvalue weighted by Crippen LogP contribution is 2.52. The summed E-state index contributed by atoms with van der Waals surface area (Å²) in [5.74, 6) is 2.71. The van der Waals surface area contributed by atoms with Crippen LogP contribution in [-0.2, 0) is 0 Å². The van der Waals surface area contributed by atoms with Crippen LogP contribution in [0.15, 0.2) is 18.2 Å². The van der Waals surface area contributed by atoms with Crippen LogP contribution in [0.5, 0.6) is 5.75 Å². The van der Waals surface area contributed by atoms with Gasteiger partial charge in [-0.3, -0.25) is 0 Å². The molecule has 0 saturated heterocycles. The molecular formula is C18H24O2. The number of aliphatic hydroxyl groups is 1. The normalized spacial score (nSPS) is 36.5. The maximum Gasteiger partial charge on any atom is 0.125 e. The van der Waals surface area contributed by atoms with Crippen molar-refractivity contribution in [3.63, 3.8) is 0 Å². The van der Waals surface area contributed by atoms with Crippen LogP contribution in [0.2, 0.25) is 0 Å². The molecule has 2 saturated carbocycles. The largest absolute Gasteiger partial charge is 0.487 e. The Morgan fingerprint density at radius 3 is 2.80 bits per heavy atom. The summed E-state index contributed by atoms with van der Waals surface area (Å²) in [4.78, 5) is 0. The van der Waals surface area contributed by atoms with Gasteiger partial charge in [0.15, 0.2) is 0 Å². The molecule has 20 heavy (non-hydrogen) atoms. The third-order valence-corrected chi connectivity index (χ3v) is 5.55. The highest BCUT2D eigenvalue weighted by Gasteiger charge is 2.47. The summed E-state index contributed by atoms with van der Waals surface area (Å²) in [6.07, 6.45) is 8.16. The lowest BCUT2D eigenvalue weighted by Gasteiger charge is -2.46. The van der Waals surface area contributed by atoms with E-state index in [-0.39, 0.29) is 11.7 Å². The fraction of sp³-hybridized carbons (Fsp3) is 0.667. The van der Waals surface area contributed by atoms with Gasteiger partial charge >= 0.3 is 0 Å². The van der Waals surface area contributed by atoms with Crippen LogP contribution in [0.3, 0.4) is 0 Å². The molecule has 2 unspecified atom stereocenters. The summed E-state index contributed by atoms with van der Waals surface area (Å²) in [6, 6.07) is 6.22. The summed E-state index contributed by atoms with van der Waals surface area (Å²) in [7, 11) is 0. The quantitative estimate of drug-likeness (QED) is 0.832. The number of aryl methyl sites for hydroxylation is 1. The standard InChI is InChI=1S/C18H24O2/c1-12-4-7-17-15(9-12)16(19)11-18(20-17)8-2-3-14(10-18)13-5-6-13/h4,7,9,13-14,16,19H,2-3,5-6,8,10-11H2,1H3/t14?,16-,18?/m0/s1. The Morgan fingerprint density at radius 2 is 2.00 bits per heavy atom. The van der Waals surface area contributed by atoms with E-state index in [0.717, 1.165) is 42.4 Å². The molecule has 1 aliphatic heterocycles. The van der Waals surface area contributed by atoms with Gasteiger partial charge in [-0.2, -0.15) is 0 Å². The number of benzene rings is 1. The van der Waals surface area contributed by atoms with Gasteiger partial charge in [-0.15, -0.1) is 0 Å². The Balaban J connectivity index is 1.62. The van der Waals surface area contributed by atoms with Gasteiger partial charge in [0, 0.05) is 12.0 Å². The second kappa shape index (κ2) is 4.49. The van der Waals surface area contributed by atoms with Crippen LogP contribution in [-0.4, -0.2) is 10.7 Å². The zero-order valence-corrected chi connectivity index (χ0v) is 12.3. The first-order valence-corrected chi connectivity index (χ1v) is 8.13. The average Bonchev–Trinajstić information content (AvgIpc) is 3.24. The molecule has 108 valence electrons. The van der Waals surface area contributed by atoms with Crippen LogP contribution < -0.4 is 4.74 Å². The molecule has 4 rings (SSSR count). The molecule has 0 bridgehead atoms. The van der Waals surface area contributed by atoms with Crippen molar-refractivity contribution in [1.82, 2.24) is 0 Å². The lowest BCUT2D eigenvalue weighted by Crippen LogP contribution is -2.45. The van der Waals surface area contributed by atoms with Gasteiger partial charge in [-0.1, -0.05) is 11.6 Å². The summed E-state index contributed by atoms with van der Waals surface area (Å²) in [6.45, 7) is 2.07. The number of hydrogen-bond acceptors (Lipinski definition) is 2. The topological polar surface area (TPSA) is 29.5 Å². The number of fused-ring (bicyclic) bond motifs is 1. The molecule has 2 aliphatic carbocycles. The van der Waals surface area contributed by atoms with Crippen molar-refractivity contribution < 1.29 is 9.84 Å².